The van der Waals surface area contributed by atoms with Gasteiger partial charge >= 0.3 is 0 Å². The highest BCUT2D eigenvalue weighted by Crippen LogP contribution is 2.21. The second kappa shape index (κ2) is 20.8. The third-order valence-electron chi connectivity index (χ3n) is 12.2. The van der Waals surface area contributed by atoms with Crippen LogP contribution in [0.5, 0.6) is 0 Å². The molecule has 5 rings (SSSR count). The summed E-state index contributed by atoms with van der Waals surface area (Å²) in [5.41, 5.74) is -3.34. The van der Waals surface area contributed by atoms with E-state index in [0.717, 1.165) is 10.8 Å². The summed E-state index contributed by atoms with van der Waals surface area (Å²) >= 11 is 0. The molecule has 1 heterocycles. The van der Waals surface area contributed by atoms with E-state index < -0.39 is 87.4 Å². The number of hydrogen-bond acceptors (Lipinski definition) is 9. The van der Waals surface area contributed by atoms with Crippen molar-refractivity contribution in [3.63, 3.8) is 0 Å². The third kappa shape index (κ3) is 13.0. The van der Waals surface area contributed by atoms with Gasteiger partial charge in [0.25, 0.3) is 0 Å². The summed E-state index contributed by atoms with van der Waals surface area (Å²) in [6.45, 7) is 19.4. The molecule has 15 nitrogen and oxygen atoms in total. The molecule has 0 spiro atoms. The fraction of sp³-hybridized carbons (Fsp3) is 0.396. The van der Waals surface area contributed by atoms with Gasteiger partial charge < -0.3 is 37.2 Å². The van der Waals surface area contributed by atoms with Crippen molar-refractivity contribution in [2.75, 3.05) is 0 Å². The largest absolute Gasteiger partial charge is 0.375 e. The number of carbonyl (C=O) groups excluding carboxylic acids is 8. The van der Waals surface area contributed by atoms with Crippen molar-refractivity contribution in [3.8, 4) is 0 Å². The molecule has 1 saturated heterocycles. The van der Waals surface area contributed by atoms with Gasteiger partial charge in [0, 0.05) is 42.0 Å². The quantitative estimate of drug-likeness (QED) is 0.135. The van der Waals surface area contributed by atoms with E-state index in [-0.39, 0.29) is 30.7 Å². The molecule has 4 aromatic rings. The van der Waals surface area contributed by atoms with Crippen molar-refractivity contribution in [3.05, 3.63) is 132 Å². The van der Waals surface area contributed by atoms with Crippen molar-refractivity contribution >= 4 is 57.8 Å². The molecule has 1 aliphatic rings. The average molecular weight is 928 g/mol. The maximum Gasteiger partial charge on any atom is 0.245 e. The summed E-state index contributed by atoms with van der Waals surface area (Å²) < 4.78 is 0. The van der Waals surface area contributed by atoms with E-state index in [1.165, 1.54) is 55.4 Å². The first-order valence-corrected chi connectivity index (χ1v) is 22.7. The lowest BCUT2D eigenvalue weighted by Crippen LogP contribution is -2.64. The van der Waals surface area contributed by atoms with Crippen LogP contribution >= 0.6 is 0 Å². The minimum absolute atomic E-state index is 0.0184. The molecular weight excluding hydrogens is 863 g/mol. The maximum absolute atomic E-state index is 14.3. The third-order valence-corrected chi connectivity index (χ3v) is 12.2. The molecule has 360 valence electrons. The molecule has 4 unspecified atom stereocenters. The fourth-order valence-electron chi connectivity index (χ4n) is 7.50. The highest BCUT2D eigenvalue weighted by Gasteiger charge is 2.40. The smallest absolute Gasteiger partial charge is 0.245 e. The molecule has 0 aromatic heterocycles. The topological polar surface area (TPSA) is 221 Å². The van der Waals surface area contributed by atoms with Crippen LogP contribution in [-0.2, 0) is 46.4 Å². The van der Waals surface area contributed by atoms with E-state index in [0.29, 0.717) is 22.3 Å². The van der Waals surface area contributed by atoms with Crippen LogP contribution in [0.3, 0.4) is 0 Å². The van der Waals surface area contributed by atoms with Gasteiger partial charge in [-0.05, 0) is 84.2 Å². The zero-order valence-electron chi connectivity index (χ0n) is 40.6. The second-order valence-electron chi connectivity index (χ2n) is 19.9. The fourth-order valence-corrected chi connectivity index (χ4v) is 7.50. The summed E-state index contributed by atoms with van der Waals surface area (Å²) in [5.74, 6) is -5.51. The van der Waals surface area contributed by atoms with Gasteiger partial charge in [0.2, 0.25) is 35.4 Å². The van der Waals surface area contributed by atoms with E-state index in [4.69, 9.17) is 0 Å². The minimum atomic E-state index is -1.60. The second-order valence-corrected chi connectivity index (χ2v) is 19.9. The number of fused-ring (bicyclic) bond motifs is 1. The summed E-state index contributed by atoms with van der Waals surface area (Å²) in [4.78, 5) is 111. The lowest BCUT2D eigenvalue weighted by atomic mass is 9.89. The summed E-state index contributed by atoms with van der Waals surface area (Å²) in [7, 11) is 0. The molecule has 68 heavy (non-hydrogen) atoms. The Morgan fingerprint density at radius 1 is 0.515 bits per heavy atom. The molecule has 0 radical (unpaired) electrons. The number of hydrogen-bond donors (Lipinski definition) is 7. The standard InChI is InChI=1S/C53H65N7O8/c1-31-27-42(61)51(6,7)59-46(65)40(29-34-21-25-38(26-22-34)43(62)37-18-13-12-14-19-37)55-33(3)50(4,5)58-45(64)32(2)54-48(67)52(8,9)60-47(66)41(56-49(68)53(10,11)57-44(31)63)30-35-23-24-36-17-15-16-20-39(36)28-35/h12-26,28,31-32,40-41,55H,3,27,29-30H2,1-2,4-11H3,(H,54,67)(H,56,68)(H,57,63)(H,58,64)(H,59,65)(H,60,66). The molecule has 4 aromatic carbocycles. The van der Waals surface area contributed by atoms with Crippen molar-refractivity contribution in [1.29, 1.82) is 0 Å². The van der Waals surface area contributed by atoms with E-state index in [2.05, 4.69) is 43.8 Å². The first-order chi connectivity index (χ1) is 31.7. The first-order valence-electron chi connectivity index (χ1n) is 22.7. The SMILES string of the molecule is C=C1NC(Cc2ccc(C(=O)c3ccccc3)cc2)C(=O)NC(C)(C)C(=O)CC(C)C(=O)NC(C)(C)C(=O)NC(Cc2ccc3ccccc3c2)C(=O)NC(C)(C)C(=O)NC(C)C(=O)NC1(C)C. The van der Waals surface area contributed by atoms with Crippen LogP contribution in [0.25, 0.3) is 10.8 Å². The monoisotopic (exact) mass is 927 g/mol. The van der Waals surface area contributed by atoms with Gasteiger partial charge in [-0.15, -0.1) is 0 Å². The van der Waals surface area contributed by atoms with Crippen LogP contribution in [0.4, 0.5) is 0 Å². The summed E-state index contributed by atoms with van der Waals surface area (Å²) in [6, 6.07) is 25.5. The summed E-state index contributed by atoms with van der Waals surface area (Å²) in [5, 5.41) is 21.7. The van der Waals surface area contributed by atoms with Crippen LogP contribution in [-0.4, -0.2) is 87.3 Å². The van der Waals surface area contributed by atoms with Gasteiger partial charge in [-0.2, -0.15) is 0 Å². The van der Waals surface area contributed by atoms with Crippen LogP contribution in [0.1, 0.15) is 103 Å². The normalized spacial score (nSPS) is 23.0. The van der Waals surface area contributed by atoms with Gasteiger partial charge in [0.1, 0.15) is 29.2 Å². The Morgan fingerprint density at radius 3 is 1.60 bits per heavy atom. The van der Waals surface area contributed by atoms with E-state index in [1.54, 1.807) is 62.4 Å². The Morgan fingerprint density at radius 2 is 0.985 bits per heavy atom. The lowest BCUT2D eigenvalue weighted by Gasteiger charge is -2.35. The molecular formula is C53H65N7O8. The predicted octanol–water partition coefficient (Wildman–Crippen LogP) is 4.51. The van der Waals surface area contributed by atoms with E-state index in [1.807, 2.05) is 48.5 Å². The molecule has 1 fully saturated rings. The van der Waals surface area contributed by atoms with Gasteiger partial charge in [-0.25, -0.2) is 0 Å². The van der Waals surface area contributed by atoms with Gasteiger partial charge in [-0.1, -0.05) is 111 Å². The Hall–Kier alpha value is -7.16. The molecule has 0 aliphatic carbocycles. The lowest BCUT2D eigenvalue weighted by molar-refractivity contribution is -0.139. The molecule has 6 amide bonds. The Labute approximate surface area is 398 Å². The van der Waals surface area contributed by atoms with Crippen LogP contribution in [0, 0.1) is 5.92 Å². The number of ketones is 2. The maximum atomic E-state index is 14.3. The molecule has 1 aliphatic heterocycles. The zero-order valence-corrected chi connectivity index (χ0v) is 40.6. The molecule has 15 heteroatoms. The number of nitrogens with one attached hydrogen (secondary N) is 7. The zero-order chi connectivity index (χ0) is 50.4. The highest BCUT2D eigenvalue weighted by molar-refractivity contribution is 6.09. The number of rotatable bonds is 6. The van der Waals surface area contributed by atoms with Crippen LogP contribution in [0.2, 0.25) is 0 Å². The number of benzene rings is 4. The van der Waals surface area contributed by atoms with Gasteiger partial charge in [0.15, 0.2) is 11.6 Å². The van der Waals surface area contributed by atoms with Crippen molar-refractivity contribution in [2.24, 2.45) is 5.92 Å². The van der Waals surface area contributed by atoms with E-state index in [9.17, 15) is 38.4 Å². The van der Waals surface area contributed by atoms with Crippen molar-refractivity contribution in [2.45, 2.75) is 129 Å². The molecule has 7 N–H and O–H groups in total. The Kier molecular flexibility index (Phi) is 15.8. The molecule has 0 bridgehead atoms. The van der Waals surface area contributed by atoms with Crippen LogP contribution in [0.15, 0.2) is 109 Å². The highest BCUT2D eigenvalue weighted by atomic mass is 16.2. The molecule has 0 saturated carbocycles. The molecule has 4 atom stereocenters. The Balaban J connectivity index is 1.44. The first kappa shape index (κ1) is 51.8. The Bertz CT molecular complexity index is 2600. The van der Waals surface area contributed by atoms with Gasteiger partial charge in [-0.3, -0.25) is 38.4 Å². The van der Waals surface area contributed by atoms with Crippen LogP contribution < -0.4 is 37.2 Å². The summed E-state index contributed by atoms with van der Waals surface area (Å²) in [6.07, 6.45) is -0.226. The number of amides is 6. The van der Waals surface area contributed by atoms with Crippen molar-refractivity contribution in [1.82, 2.24) is 37.2 Å². The number of Topliss-reactive ketones (excluding diaryl/α,β-unsaturated/α-hetero) is 1. The average Bonchev–Trinajstić information content (AvgIpc) is 3.27. The van der Waals surface area contributed by atoms with Crippen molar-refractivity contribution < 1.29 is 38.4 Å². The van der Waals surface area contributed by atoms with Gasteiger partial charge in [0.05, 0.1) is 11.1 Å². The number of carbonyl (C=O) groups is 8. The minimum Gasteiger partial charge on any atom is -0.375 e. The predicted molar refractivity (Wildman–Crippen MR) is 261 cm³/mol. The van der Waals surface area contributed by atoms with E-state index >= 15 is 0 Å².